The molecular weight excluding hydrogens is 364 g/mol. The molecule has 1 N–H and O–H groups in total. The first-order chi connectivity index (χ1) is 13.7. The van der Waals surface area contributed by atoms with E-state index in [9.17, 15) is 9.59 Å². The van der Waals surface area contributed by atoms with Crippen molar-refractivity contribution in [3.63, 3.8) is 0 Å². The molecular formula is C24H36N2O3. The van der Waals surface area contributed by atoms with Crippen LogP contribution in [0.2, 0.25) is 0 Å². The Morgan fingerprint density at radius 3 is 2.45 bits per heavy atom. The SMILES string of the molecule is CC(NC(=O)CC1CCN(C(=O)OC(C)(C)C)CC1)c1ccc2c(c1)CCCC2. The fraction of sp³-hybridized carbons (Fsp3) is 0.667. The molecule has 3 rings (SSSR count). The molecule has 5 heteroatoms. The Labute approximate surface area is 175 Å². The van der Waals surface area contributed by atoms with E-state index in [1.54, 1.807) is 4.90 Å². The van der Waals surface area contributed by atoms with Crippen molar-refractivity contribution in [1.82, 2.24) is 10.2 Å². The van der Waals surface area contributed by atoms with Crippen LogP contribution in [0.3, 0.4) is 0 Å². The summed E-state index contributed by atoms with van der Waals surface area (Å²) in [6.07, 6.45) is 6.85. The molecule has 1 heterocycles. The Bertz CT molecular complexity index is 730. The van der Waals surface area contributed by atoms with Crippen molar-refractivity contribution in [2.45, 2.75) is 84.3 Å². The monoisotopic (exact) mass is 400 g/mol. The molecule has 160 valence electrons. The van der Waals surface area contributed by atoms with Gasteiger partial charge in [0.15, 0.2) is 0 Å². The number of aryl methyl sites for hydroxylation is 2. The number of amides is 2. The average Bonchev–Trinajstić information content (AvgIpc) is 2.66. The molecule has 29 heavy (non-hydrogen) atoms. The Morgan fingerprint density at radius 1 is 1.14 bits per heavy atom. The number of ether oxygens (including phenoxy) is 1. The van der Waals surface area contributed by atoms with Crippen molar-refractivity contribution in [3.05, 3.63) is 34.9 Å². The first kappa shape index (κ1) is 21.7. The minimum Gasteiger partial charge on any atom is -0.444 e. The highest BCUT2D eigenvalue weighted by molar-refractivity contribution is 5.76. The molecule has 1 aliphatic carbocycles. The highest BCUT2D eigenvalue weighted by Crippen LogP contribution is 2.26. The maximum Gasteiger partial charge on any atom is 0.410 e. The lowest BCUT2D eigenvalue weighted by molar-refractivity contribution is -0.123. The Kier molecular flexibility index (Phi) is 6.86. The van der Waals surface area contributed by atoms with Crippen LogP contribution >= 0.6 is 0 Å². The maximum atomic E-state index is 12.6. The van der Waals surface area contributed by atoms with Crippen molar-refractivity contribution in [2.75, 3.05) is 13.1 Å². The van der Waals surface area contributed by atoms with Gasteiger partial charge in [-0.05, 0) is 88.8 Å². The van der Waals surface area contributed by atoms with Crippen LogP contribution in [-0.2, 0) is 22.4 Å². The number of hydrogen-bond acceptors (Lipinski definition) is 3. The van der Waals surface area contributed by atoms with Gasteiger partial charge in [0.05, 0.1) is 6.04 Å². The summed E-state index contributed by atoms with van der Waals surface area (Å²) >= 11 is 0. The van der Waals surface area contributed by atoms with E-state index in [4.69, 9.17) is 4.74 Å². The topological polar surface area (TPSA) is 58.6 Å². The normalized spacial score (nSPS) is 18.7. The van der Waals surface area contributed by atoms with Crippen LogP contribution in [0.25, 0.3) is 0 Å². The number of carbonyl (C=O) groups excluding carboxylic acids is 2. The number of nitrogens with one attached hydrogen (secondary N) is 1. The van der Waals surface area contributed by atoms with Gasteiger partial charge in [0.2, 0.25) is 5.91 Å². The zero-order valence-electron chi connectivity index (χ0n) is 18.4. The number of piperidine rings is 1. The highest BCUT2D eigenvalue weighted by atomic mass is 16.6. The number of rotatable bonds is 4. The van der Waals surface area contributed by atoms with Crippen LogP contribution in [0.1, 0.15) is 82.5 Å². The smallest absolute Gasteiger partial charge is 0.410 e. The van der Waals surface area contributed by atoms with Gasteiger partial charge in [-0.15, -0.1) is 0 Å². The number of benzene rings is 1. The highest BCUT2D eigenvalue weighted by Gasteiger charge is 2.28. The van der Waals surface area contributed by atoms with Crippen LogP contribution < -0.4 is 5.32 Å². The van der Waals surface area contributed by atoms with Gasteiger partial charge in [-0.25, -0.2) is 4.79 Å². The molecule has 2 aliphatic rings. The molecule has 0 saturated carbocycles. The molecule has 0 aromatic heterocycles. The molecule has 5 nitrogen and oxygen atoms in total. The number of fused-ring (bicyclic) bond motifs is 1. The summed E-state index contributed by atoms with van der Waals surface area (Å²) in [7, 11) is 0. The van der Waals surface area contributed by atoms with Crippen molar-refractivity contribution < 1.29 is 14.3 Å². The molecule has 1 atom stereocenters. The van der Waals surface area contributed by atoms with Gasteiger partial charge in [0, 0.05) is 19.5 Å². The van der Waals surface area contributed by atoms with Crippen molar-refractivity contribution in [3.8, 4) is 0 Å². The van der Waals surface area contributed by atoms with Gasteiger partial charge in [-0.2, -0.15) is 0 Å². The minimum absolute atomic E-state index is 0.0246. The molecule has 2 amide bonds. The van der Waals surface area contributed by atoms with E-state index in [1.807, 2.05) is 20.8 Å². The largest absolute Gasteiger partial charge is 0.444 e. The van der Waals surface area contributed by atoms with Crippen molar-refractivity contribution in [1.29, 1.82) is 0 Å². The number of likely N-dealkylation sites (tertiary alicyclic amines) is 1. The number of nitrogens with zero attached hydrogens (tertiary/aromatic N) is 1. The number of carbonyl (C=O) groups is 2. The molecule has 0 spiro atoms. The third kappa shape index (κ3) is 6.22. The van der Waals surface area contributed by atoms with Crippen molar-refractivity contribution in [2.24, 2.45) is 5.92 Å². The van der Waals surface area contributed by atoms with Gasteiger partial charge < -0.3 is 15.0 Å². The lowest BCUT2D eigenvalue weighted by Crippen LogP contribution is -2.42. The van der Waals surface area contributed by atoms with Gasteiger partial charge in [-0.3, -0.25) is 4.79 Å². The van der Waals surface area contributed by atoms with Crippen molar-refractivity contribution >= 4 is 12.0 Å². The van der Waals surface area contributed by atoms with Crippen LogP contribution in [-0.4, -0.2) is 35.6 Å². The van der Waals surface area contributed by atoms with E-state index in [0.717, 1.165) is 19.3 Å². The van der Waals surface area contributed by atoms with E-state index >= 15 is 0 Å². The molecule has 0 radical (unpaired) electrons. The summed E-state index contributed by atoms with van der Waals surface area (Å²) in [6.45, 7) is 9.02. The summed E-state index contributed by atoms with van der Waals surface area (Å²) in [5.74, 6) is 0.426. The summed E-state index contributed by atoms with van der Waals surface area (Å²) < 4.78 is 5.44. The molecule has 1 aliphatic heterocycles. The van der Waals surface area contributed by atoms with E-state index < -0.39 is 5.60 Å². The summed E-state index contributed by atoms with van der Waals surface area (Å²) in [6, 6.07) is 6.70. The quantitative estimate of drug-likeness (QED) is 0.791. The minimum atomic E-state index is -0.472. The summed E-state index contributed by atoms with van der Waals surface area (Å²) in [5, 5.41) is 3.17. The average molecular weight is 401 g/mol. The van der Waals surface area contributed by atoms with Gasteiger partial charge in [0.1, 0.15) is 5.60 Å². The van der Waals surface area contributed by atoms with Gasteiger partial charge in [0.25, 0.3) is 0 Å². The fourth-order valence-electron chi connectivity index (χ4n) is 4.31. The standard InChI is InChI=1S/C24H36N2O3/c1-17(20-10-9-19-7-5-6-8-21(19)16-20)25-22(27)15-18-11-13-26(14-12-18)23(28)29-24(2,3)4/h9-10,16-18H,5-8,11-15H2,1-4H3,(H,25,27). The maximum absolute atomic E-state index is 12.6. The zero-order chi connectivity index (χ0) is 21.0. The summed E-state index contributed by atoms with van der Waals surface area (Å²) in [5.41, 5.74) is 3.64. The predicted molar refractivity (Wildman–Crippen MR) is 115 cm³/mol. The van der Waals surface area contributed by atoms with Gasteiger partial charge in [-0.1, -0.05) is 18.2 Å². The van der Waals surface area contributed by atoms with Crippen LogP contribution in [0, 0.1) is 5.92 Å². The first-order valence-electron chi connectivity index (χ1n) is 11.1. The van der Waals surface area contributed by atoms with Crippen LogP contribution in [0.5, 0.6) is 0 Å². The predicted octanol–water partition coefficient (Wildman–Crippen LogP) is 4.78. The molecule has 1 saturated heterocycles. The second-order valence-electron chi connectivity index (χ2n) is 9.64. The Balaban J connectivity index is 1.45. The fourth-order valence-corrected chi connectivity index (χ4v) is 4.31. The Morgan fingerprint density at radius 2 is 1.79 bits per heavy atom. The van der Waals surface area contributed by atoms with Gasteiger partial charge >= 0.3 is 6.09 Å². The summed E-state index contributed by atoms with van der Waals surface area (Å²) in [4.78, 5) is 26.5. The first-order valence-corrected chi connectivity index (χ1v) is 11.1. The third-order valence-electron chi connectivity index (χ3n) is 5.99. The second-order valence-corrected chi connectivity index (χ2v) is 9.64. The Hall–Kier alpha value is -2.04. The molecule has 0 bridgehead atoms. The molecule has 1 aromatic rings. The lowest BCUT2D eigenvalue weighted by Gasteiger charge is -2.33. The van der Waals surface area contributed by atoms with E-state index in [0.29, 0.717) is 25.4 Å². The molecule has 1 unspecified atom stereocenters. The van der Waals surface area contributed by atoms with Crippen LogP contribution in [0.4, 0.5) is 4.79 Å². The molecule has 1 aromatic carbocycles. The van der Waals surface area contributed by atoms with E-state index in [1.165, 1.54) is 36.0 Å². The van der Waals surface area contributed by atoms with E-state index in [2.05, 4.69) is 30.4 Å². The second kappa shape index (κ2) is 9.19. The zero-order valence-corrected chi connectivity index (χ0v) is 18.4. The number of hydrogen-bond donors (Lipinski definition) is 1. The molecule has 1 fully saturated rings. The lowest BCUT2D eigenvalue weighted by atomic mass is 9.89. The van der Waals surface area contributed by atoms with E-state index in [-0.39, 0.29) is 18.0 Å². The third-order valence-corrected chi connectivity index (χ3v) is 5.99. The van der Waals surface area contributed by atoms with Crippen LogP contribution in [0.15, 0.2) is 18.2 Å².